The summed E-state index contributed by atoms with van der Waals surface area (Å²) in [6.45, 7) is 8.51. The number of benzene rings is 1. The minimum absolute atomic E-state index is 0.845. The summed E-state index contributed by atoms with van der Waals surface area (Å²) in [5.41, 5.74) is 8.05. The van der Waals surface area contributed by atoms with Crippen LogP contribution in [0.5, 0.6) is 0 Å². The van der Waals surface area contributed by atoms with Crippen molar-refractivity contribution in [3.63, 3.8) is 0 Å². The molecule has 0 bridgehead atoms. The summed E-state index contributed by atoms with van der Waals surface area (Å²) < 4.78 is 0. The lowest BCUT2D eigenvalue weighted by Crippen LogP contribution is -2.35. The molecule has 0 atom stereocenters. The Morgan fingerprint density at radius 2 is 1.80 bits per heavy atom. The third-order valence-corrected chi connectivity index (χ3v) is 4.47. The topological polar surface area (TPSA) is 29.3 Å². The van der Waals surface area contributed by atoms with Gasteiger partial charge in [0.1, 0.15) is 0 Å². The molecule has 0 unspecified atom stereocenters. The standard InChI is InChI=1S/C18H30N2/c1-15(2)4-3-11-20-12-9-17(10-13-20)14-16-5-7-18(19)8-6-16/h5-8,15,17H,3-4,9-14,19H2,1-2H3. The second-order valence-corrected chi connectivity index (χ2v) is 6.77. The number of piperidine rings is 1. The maximum absolute atomic E-state index is 5.74. The first-order valence-electron chi connectivity index (χ1n) is 8.20. The molecule has 1 fully saturated rings. The Morgan fingerprint density at radius 1 is 1.15 bits per heavy atom. The fourth-order valence-corrected chi connectivity index (χ4v) is 3.12. The van der Waals surface area contributed by atoms with Crippen molar-refractivity contribution in [3.8, 4) is 0 Å². The van der Waals surface area contributed by atoms with E-state index < -0.39 is 0 Å². The Labute approximate surface area is 124 Å². The van der Waals surface area contributed by atoms with E-state index in [4.69, 9.17) is 5.73 Å². The van der Waals surface area contributed by atoms with Crippen LogP contribution in [0.25, 0.3) is 0 Å². The predicted molar refractivity (Wildman–Crippen MR) is 87.8 cm³/mol. The number of nitrogen functional groups attached to an aromatic ring is 1. The number of anilines is 1. The van der Waals surface area contributed by atoms with Crippen molar-refractivity contribution in [2.24, 2.45) is 11.8 Å². The van der Waals surface area contributed by atoms with Crippen LogP contribution in [0.2, 0.25) is 0 Å². The van der Waals surface area contributed by atoms with Crippen LogP contribution in [0, 0.1) is 11.8 Å². The maximum Gasteiger partial charge on any atom is 0.0314 e. The first-order valence-corrected chi connectivity index (χ1v) is 8.20. The second kappa shape index (κ2) is 7.68. The molecule has 2 N–H and O–H groups in total. The zero-order chi connectivity index (χ0) is 14.4. The number of nitrogens with two attached hydrogens (primary N) is 1. The summed E-state index contributed by atoms with van der Waals surface area (Å²) in [5.74, 6) is 1.71. The molecular formula is C18H30N2. The normalized spacial score (nSPS) is 17.8. The van der Waals surface area contributed by atoms with E-state index in [9.17, 15) is 0 Å². The van der Waals surface area contributed by atoms with Gasteiger partial charge in [-0.15, -0.1) is 0 Å². The molecule has 1 aromatic carbocycles. The first-order chi connectivity index (χ1) is 9.63. The van der Waals surface area contributed by atoms with Crippen molar-refractivity contribution in [1.29, 1.82) is 0 Å². The van der Waals surface area contributed by atoms with Gasteiger partial charge in [-0.25, -0.2) is 0 Å². The van der Waals surface area contributed by atoms with Crippen LogP contribution in [0.15, 0.2) is 24.3 Å². The van der Waals surface area contributed by atoms with Gasteiger partial charge < -0.3 is 10.6 Å². The van der Waals surface area contributed by atoms with Crippen LogP contribution >= 0.6 is 0 Å². The molecule has 112 valence electrons. The van der Waals surface area contributed by atoms with Crippen molar-refractivity contribution < 1.29 is 0 Å². The lowest BCUT2D eigenvalue weighted by atomic mass is 9.90. The van der Waals surface area contributed by atoms with Gasteiger partial charge in [0, 0.05) is 5.69 Å². The molecule has 0 radical (unpaired) electrons. The minimum atomic E-state index is 0.845. The van der Waals surface area contributed by atoms with E-state index in [2.05, 4.69) is 30.9 Å². The van der Waals surface area contributed by atoms with Gasteiger partial charge in [0.2, 0.25) is 0 Å². The molecule has 20 heavy (non-hydrogen) atoms. The highest BCUT2D eigenvalue weighted by Crippen LogP contribution is 2.22. The van der Waals surface area contributed by atoms with Crippen molar-refractivity contribution >= 4 is 5.69 Å². The molecule has 2 heteroatoms. The van der Waals surface area contributed by atoms with Gasteiger partial charge in [0.15, 0.2) is 0 Å². The average molecular weight is 274 g/mol. The zero-order valence-electron chi connectivity index (χ0n) is 13.1. The van der Waals surface area contributed by atoms with Crippen LogP contribution < -0.4 is 5.73 Å². The Hall–Kier alpha value is -1.02. The fourth-order valence-electron chi connectivity index (χ4n) is 3.12. The minimum Gasteiger partial charge on any atom is -0.399 e. The highest BCUT2D eigenvalue weighted by Gasteiger charge is 2.19. The monoisotopic (exact) mass is 274 g/mol. The van der Waals surface area contributed by atoms with Gasteiger partial charge in [-0.3, -0.25) is 0 Å². The molecule has 2 nitrogen and oxygen atoms in total. The molecule has 1 aliphatic heterocycles. The Kier molecular flexibility index (Phi) is 5.90. The quantitative estimate of drug-likeness (QED) is 0.796. The second-order valence-electron chi connectivity index (χ2n) is 6.77. The summed E-state index contributed by atoms with van der Waals surface area (Å²) in [4.78, 5) is 2.65. The lowest BCUT2D eigenvalue weighted by molar-refractivity contribution is 0.179. The smallest absolute Gasteiger partial charge is 0.0314 e. The number of nitrogens with zero attached hydrogens (tertiary/aromatic N) is 1. The average Bonchev–Trinajstić information content (AvgIpc) is 2.43. The lowest BCUT2D eigenvalue weighted by Gasteiger charge is -2.32. The van der Waals surface area contributed by atoms with Crippen LogP contribution in [0.1, 0.15) is 45.1 Å². The summed E-state index contributed by atoms with van der Waals surface area (Å²) in [6, 6.07) is 8.42. The van der Waals surface area contributed by atoms with E-state index in [1.54, 1.807) is 0 Å². The van der Waals surface area contributed by atoms with Crippen LogP contribution in [-0.4, -0.2) is 24.5 Å². The zero-order valence-corrected chi connectivity index (χ0v) is 13.1. The number of hydrogen-bond acceptors (Lipinski definition) is 2. The van der Waals surface area contributed by atoms with Gasteiger partial charge in [-0.2, -0.15) is 0 Å². The van der Waals surface area contributed by atoms with Gasteiger partial charge >= 0.3 is 0 Å². The highest BCUT2D eigenvalue weighted by atomic mass is 15.1. The molecule has 1 aliphatic rings. The van der Waals surface area contributed by atoms with Gasteiger partial charge in [-0.05, 0) is 81.3 Å². The van der Waals surface area contributed by atoms with Gasteiger partial charge in [0.05, 0.1) is 0 Å². The Morgan fingerprint density at radius 3 is 2.40 bits per heavy atom. The fraction of sp³-hybridized carbons (Fsp3) is 0.667. The number of hydrogen-bond donors (Lipinski definition) is 1. The van der Waals surface area contributed by atoms with Crippen LogP contribution in [-0.2, 0) is 6.42 Å². The largest absolute Gasteiger partial charge is 0.399 e. The highest BCUT2D eigenvalue weighted by molar-refractivity contribution is 5.39. The maximum atomic E-state index is 5.74. The van der Waals surface area contributed by atoms with Crippen molar-refractivity contribution in [2.75, 3.05) is 25.4 Å². The first kappa shape index (κ1) is 15.4. The van der Waals surface area contributed by atoms with E-state index >= 15 is 0 Å². The van der Waals surface area contributed by atoms with Gasteiger partial charge in [0.25, 0.3) is 0 Å². The summed E-state index contributed by atoms with van der Waals surface area (Å²) in [6.07, 6.45) is 6.66. The van der Waals surface area contributed by atoms with Crippen molar-refractivity contribution in [3.05, 3.63) is 29.8 Å². The van der Waals surface area contributed by atoms with Gasteiger partial charge in [-0.1, -0.05) is 26.0 Å². The SMILES string of the molecule is CC(C)CCCN1CCC(Cc2ccc(N)cc2)CC1. The molecule has 0 aliphatic carbocycles. The number of likely N-dealkylation sites (tertiary alicyclic amines) is 1. The van der Waals surface area contributed by atoms with Crippen molar-refractivity contribution in [1.82, 2.24) is 4.90 Å². The van der Waals surface area contributed by atoms with Crippen LogP contribution in [0.3, 0.4) is 0 Å². The molecule has 2 rings (SSSR count). The third kappa shape index (κ3) is 5.16. The van der Waals surface area contributed by atoms with E-state index in [1.165, 1.54) is 57.3 Å². The van der Waals surface area contributed by atoms with E-state index in [-0.39, 0.29) is 0 Å². The predicted octanol–water partition coefficient (Wildman–Crippen LogP) is 3.96. The summed E-state index contributed by atoms with van der Waals surface area (Å²) in [7, 11) is 0. The Bertz CT molecular complexity index is 375. The molecular weight excluding hydrogens is 244 g/mol. The Balaban J connectivity index is 1.67. The number of rotatable bonds is 6. The van der Waals surface area contributed by atoms with E-state index in [0.29, 0.717) is 0 Å². The van der Waals surface area contributed by atoms with Crippen molar-refractivity contribution in [2.45, 2.75) is 46.0 Å². The molecule has 0 saturated carbocycles. The van der Waals surface area contributed by atoms with E-state index in [0.717, 1.165) is 17.5 Å². The van der Waals surface area contributed by atoms with Crippen LogP contribution in [0.4, 0.5) is 5.69 Å². The molecule has 1 heterocycles. The molecule has 1 aromatic rings. The molecule has 0 spiro atoms. The summed E-state index contributed by atoms with van der Waals surface area (Å²) in [5, 5.41) is 0. The summed E-state index contributed by atoms with van der Waals surface area (Å²) >= 11 is 0. The third-order valence-electron chi connectivity index (χ3n) is 4.47. The molecule has 1 saturated heterocycles. The van der Waals surface area contributed by atoms with E-state index in [1.807, 2.05) is 12.1 Å². The molecule has 0 amide bonds. The molecule has 0 aromatic heterocycles.